The van der Waals surface area contributed by atoms with Crippen molar-refractivity contribution in [2.75, 3.05) is 11.5 Å². The zero-order chi connectivity index (χ0) is 16.6. The number of hydrogen-bond donors (Lipinski definition) is 0. The number of amidine groups is 1. The predicted molar refractivity (Wildman–Crippen MR) is 93.3 cm³/mol. The van der Waals surface area contributed by atoms with Crippen LogP contribution in [0.25, 0.3) is 0 Å². The molecule has 3 rings (SSSR count). The van der Waals surface area contributed by atoms with Crippen LogP contribution in [-0.2, 0) is 21.2 Å². The first-order chi connectivity index (χ1) is 10.9. The molecule has 2 atom stereocenters. The molecule has 0 spiro atoms. The lowest BCUT2D eigenvalue weighted by Crippen LogP contribution is -2.37. The predicted octanol–water partition coefficient (Wildman–Crippen LogP) is 2.00. The van der Waals surface area contributed by atoms with Crippen LogP contribution in [0.5, 0.6) is 0 Å². The molecule has 0 radical (unpaired) electrons. The Morgan fingerprint density at radius 2 is 2.00 bits per heavy atom. The second-order valence-electron chi connectivity index (χ2n) is 6.06. The monoisotopic (exact) mass is 352 g/mol. The maximum Gasteiger partial charge on any atom is 0.247 e. The lowest BCUT2D eigenvalue weighted by atomic mass is 10.1. The second kappa shape index (κ2) is 6.28. The van der Waals surface area contributed by atoms with E-state index < -0.39 is 9.84 Å². The van der Waals surface area contributed by atoms with Crippen LogP contribution in [0.15, 0.2) is 29.3 Å². The third kappa shape index (κ3) is 3.61. The van der Waals surface area contributed by atoms with Gasteiger partial charge in [-0.3, -0.25) is 4.79 Å². The Labute approximate surface area is 141 Å². The van der Waals surface area contributed by atoms with Crippen molar-refractivity contribution >= 4 is 32.7 Å². The Morgan fingerprint density at radius 3 is 2.65 bits per heavy atom. The molecule has 2 aliphatic rings. The van der Waals surface area contributed by atoms with Crippen molar-refractivity contribution in [1.82, 2.24) is 4.90 Å². The summed E-state index contributed by atoms with van der Waals surface area (Å²) >= 11 is 1.43. The molecular formula is C16H20N2O3S2. The lowest BCUT2D eigenvalue weighted by Gasteiger charge is -2.24. The molecule has 1 aromatic carbocycles. The van der Waals surface area contributed by atoms with Crippen LogP contribution in [0.3, 0.4) is 0 Å². The van der Waals surface area contributed by atoms with E-state index in [-0.39, 0.29) is 28.7 Å². The largest absolute Gasteiger partial charge is 0.342 e. The van der Waals surface area contributed by atoms with Crippen LogP contribution in [-0.4, -0.2) is 47.2 Å². The molecule has 2 aliphatic heterocycles. The van der Waals surface area contributed by atoms with E-state index in [0.29, 0.717) is 18.1 Å². The van der Waals surface area contributed by atoms with Crippen molar-refractivity contribution in [3.8, 4) is 0 Å². The molecule has 0 unspecified atom stereocenters. The van der Waals surface area contributed by atoms with Gasteiger partial charge in [-0.05, 0) is 12.5 Å². The van der Waals surface area contributed by atoms with Crippen LogP contribution in [0.2, 0.25) is 0 Å². The maximum absolute atomic E-state index is 11.9. The highest BCUT2D eigenvalue weighted by Crippen LogP contribution is 2.39. The Kier molecular flexibility index (Phi) is 4.51. The van der Waals surface area contributed by atoms with E-state index in [2.05, 4.69) is 4.99 Å². The molecule has 1 aromatic rings. The van der Waals surface area contributed by atoms with Gasteiger partial charge in [-0.1, -0.05) is 48.5 Å². The fraction of sp³-hybridized carbons (Fsp3) is 0.500. The Morgan fingerprint density at radius 1 is 1.30 bits per heavy atom. The van der Waals surface area contributed by atoms with E-state index in [0.717, 1.165) is 5.56 Å². The van der Waals surface area contributed by atoms with Gasteiger partial charge in [0.15, 0.2) is 15.0 Å². The van der Waals surface area contributed by atoms with Crippen LogP contribution < -0.4 is 0 Å². The number of amides is 1. The van der Waals surface area contributed by atoms with Crippen LogP contribution in [0, 0.1) is 6.92 Å². The minimum absolute atomic E-state index is 0.0196. The second-order valence-corrected chi connectivity index (χ2v) is 9.42. The Balaban J connectivity index is 1.88. The van der Waals surface area contributed by atoms with Crippen molar-refractivity contribution in [3.05, 3.63) is 35.4 Å². The number of hydrogen-bond acceptors (Lipinski definition) is 4. The first kappa shape index (κ1) is 16.5. The van der Waals surface area contributed by atoms with E-state index in [4.69, 9.17) is 0 Å². The van der Waals surface area contributed by atoms with Crippen LogP contribution in [0.4, 0.5) is 0 Å². The summed E-state index contributed by atoms with van der Waals surface area (Å²) in [6, 6.07) is 8.06. The summed E-state index contributed by atoms with van der Waals surface area (Å²) in [5, 5.41) is 0.649. The fourth-order valence-corrected chi connectivity index (χ4v) is 6.86. The maximum atomic E-state index is 11.9. The summed E-state index contributed by atoms with van der Waals surface area (Å²) in [6.45, 7) is 4.39. The standard InChI is InChI=1S/C16H20N2O3S2/c1-3-15(19)17-16-18(8-12-6-4-11(2)5-7-12)13-9-23(20,21)10-14(13)22-16/h4-7,13-14H,3,8-10H2,1-2H3/t13-,14+/m0/s1. The van der Waals surface area contributed by atoms with E-state index in [1.807, 2.05) is 36.1 Å². The van der Waals surface area contributed by atoms with Gasteiger partial charge in [-0.15, -0.1) is 0 Å². The molecule has 0 bridgehead atoms. The van der Waals surface area contributed by atoms with Crippen molar-refractivity contribution in [2.45, 2.75) is 38.1 Å². The number of carbonyl (C=O) groups is 1. The molecule has 0 saturated carbocycles. The minimum atomic E-state index is -3.00. The van der Waals surface area contributed by atoms with Gasteiger partial charge in [-0.25, -0.2) is 8.42 Å². The van der Waals surface area contributed by atoms with Gasteiger partial charge in [0.25, 0.3) is 0 Å². The zero-order valence-electron chi connectivity index (χ0n) is 13.2. The molecule has 5 nitrogen and oxygen atoms in total. The van der Waals surface area contributed by atoms with Gasteiger partial charge in [0.1, 0.15) is 0 Å². The smallest absolute Gasteiger partial charge is 0.247 e. The normalized spacial score (nSPS) is 27.4. The number of benzene rings is 1. The Bertz CT molecular complexity index is 741. The summed E-state index contributed by atoms with van der Waals surface area (Å²) in [5.74, 6) is 0.159. The summed E-state index contributed by atoms with van der Waals surface area (Å²) in [5.41, 5.74) is 2.28. The van der Waals surface area contributed by atoms with Gasteiger partial charge in [0.05, 0.1) is 17.5 Å². The van der Waals surface area contributed by atoms with E-state index in [1.165, 1.54) is 17.3 Å². The lowest BCUT2D eigenvalue weighted by molar-refractivity contribution is -0.117. The van der Waals surface area contributed by atoms with E-state index >= 15 is 0 Å². The number of nitrogens with zero attached hydrogens (tertiary/aromatic N) is 2. The average Bonchev–Trinajstić information content (AvgIpc) is 2.94. The number of aliphatic imine (C=N–C) groups is 1. The zero-order valence-corrected chi connectivity index (χ0v) is 14.9. The number of thioether (sulfide) groups is 1. The van der Waals surface area contributed by atoms with Gasteiger partial charge in [0, 0.05) is 18.2 Å². The van der Waals surface area contributed by atoms with Crippen LogP contribution >= 0.6 is 11.8 Å². The molecule has 1 amide bonds. The molecule has 2 saturated heterocycles. The highest BCUT2D eigenvalue weighted by Gasteiger charge is 2.48. The van der Waals surface area contributed by atoms with Crippen molar-refractivity contribution in [2.24, 2.45) is 4.99 Å². The number of aryl methyl sites for hydroxylation is 1. The van der Waals surface area contributed by atoms with Crippen molar-refractivity contribution < 1.29 is 13.2 Å². The third-order valence-electron chi connectivity index (χ3n) is 4.17. The topological polar surface area (TPSA) is 66.8 Å². The number of sulfone groups is 1. The number of carbonyl (C=O) groups excluding carboxylic acids is 1. The van der Waals surface area contributed by atoms with Gasteiger partial charge in [0.2, 0.25) is 5.91 Å². The first-order valence-corrected chi connectivity index (χ1v) is 10.4. The molecular weight excluding hydrogens is 332 g/mol. The quantitative estimate of drug-likeness (QED) is 0.832. The highest BCUT2D eigenvalue weighted by molar-refractivity contribution is 8.15. The number of rotatable bonds is 3. The molecule has 23 heavy (non-hydrogen) atoms. The molecule has 2 heterocycles. The first-order valence-electron chi connectivity index (χ1n) is 7.69. The highest BCUT2D eigenvalue weighted by atomic mass is 32.2. The summed E-state index contributed by atoms with van der Waals surface area (Å²) in [7, 11) is -3.00. The third-order valence-corrected chi connectivity index (χ3v) is 7.42. The van der Waals surface area contributed by atoms with E-state index in [9.17, 15) is 13.2 Å². The molecule has 0 N–H and O–H groups in total. The molecule has 0 aromatic heterocycles. The summed E-state index contributed by atoms with van der Waals surface area (Å²) < 4.78 is 23.9. The van der Waals surface area contributed by atoms with Crippen LogP contribution in [0.1, 0.15) is 24.5 Å². The van der Waals surface area contributed by atoms with Crippen molar-refractivity contribution in [3.63, 3.8) is 0 Å². The van der Waals surface area contributed by atoms with Gasteiger partial charge >= 0.3 is 0 Å². The number of fused-ring (bicyclic) bond motifs is 1. The SMILES string of the molecule is CCC(=O)N=C1S[C@@H]2CS(=O)(=O)C[C@@H]2N1Cc1ccc(C)cc1. The molecule has 124 valence electrons. The molecule has 0 aliphatic carbocycles. The minimum Gasteiger partial charge on any atom is -0.342 e. The Hall–Kier alpha value is -1.34. The van der Waals surface area contributed by atoms with Gasteiger partial charge in [-0.2, -0.15) is 4.99 Å². The molecule has 7 heteroatoms. The molecule has 2 fully saturated rings. The summed E-state index contributed by atoms with van der Waals surface area (Å²) in [4.78, 5) is 17.9. The average molecular weight is 352 g/mol. The van der Waals surface area contributed by atoms with Gasteiger partial charge < -0.3 is 4.90 Å². The van der Waals surface area contributed by atoms with Crippen molar-refractivity contribution in [1.29, 1.82) is 0 Å². The fourth-order valence-electron chi connectivity index (χ4n) is 2.90. The summed E-state index contributed by atoms with van der Waals surface area (Å²) in [6.07, 6.45) is 0.357. The van der Waals surface area contributed by atoms with E-state index in [1.54, 1.807) is 6.92 Å².